The molecule has 3 rings (SSSR count). The zero-order valence-corrected chi connectivity index (χ0v) is 14.8. The van der Waals surface area contributed by atoms with Crippen molar-refractivity contribution in [3.63, 3.8) is 0 Å². The van der Waals surface area contributed by atoms with Crippen LogP contribution < -0.4 is 10.1 Å². The second-order valence-corrected chi connectivity index (χ2v) is 6.67. The number of hydrogen-bond donors (Lipinski definition) is 1. The summed E-state index contributed by atoms with van der Waals surface area (Å²) in [7, 11) is 0. The van der Waals surface area contributed by atoms with E-state index >= 15 is 0 Å². The van der Waals surface area contributed by atoms with Crippen LogP contribution in [-0.4, -0.2) is 36.6 Å². The Bertz CT molecular complexity index is 752. The van der Waals surface area contributed by atoms with Crippen LogP contribution in [0.15, 0.2) is 42.6 Å². The maximum absolute atomic E-state index is 12.4. The third-order valence-electron chi connectivity index (χ3n) is 4.55. The minimum absolute atomic E-state index is 0.142. The number of halogens is 3. The molecule has 0 spiro atoms. The van der Waals surface area contributed by atoms with Crippen LogP contribution in [0.3, 0.4) is 0 Å². The van der Waals surface area contributed by atoms with E-state index in [0.717, 1.165) is 18.7 Å². The van der Waals surface area contributed by atoms with Gasteiger partial charge in [-0.25, -0.2) is 4.98 Å². The summed E-state index contributed by atoms with van der Waals surface area (Å²) in [6.07, 6.45) is -0.625. The fourth-order valence-corrected chi connectivity index (χ4v) is 3.12. The van der Waals surface area contributed by atoms with E-state index in [4.69, 9.17) is 0 Å². The highest BCUT2D eigenvalue weighted by Crippen LogP contribution is 2.24. The first kappa shape index (κ1) is 19.4. The quantitative estimate of drug-likeness (QED) is 0.775. The number of nitrogens with one attached hydrogen (secondary N) is 1. The Morgan fingerprint density at radius 2 is 1.96 bits per heavy atom. The predicted octanol–water partition coefficient (Wildman–Crippen LogP) is 3.92. The van der Waals surface area contributed by atoms with E-state index in [1.165, 1.54) is 36.7 Å². The molecule has 4 nitrogen and oxygen atoms in total. The molecule has 1 aliphatic rings. The van der Waals surface area contributed by atoms with Crippen molar-refractivity contribution in [3.05, 3.63) is 59.3 Å². The number of ether oxygens (including phenoxy) is 1. The van der Waals surface area contributed by atoms with E-state index in [1.807, 2.05) is 12.1 Å². The summed E-state index contributed by atoms with van der Waals surface area (Å²) in [6.45, 7) is 0.639. The van der Waals surface area contributed by atoms with Crippen LogP contribution in [-0.2, 0) is 6.42 Å². The molecule has 2 heterocycles. The molecule has 0 amide bonds. The molecule has 144 valence electrons. The van der Waals surface area contributed by atoms with Crippen molar-refractivity contribution in [2.75, 3.05) is 19.7 Å². The molecule has 0 bridgehead atoms. The third kappa shape index (κ3) is 5.79. The van der Waals surface area contributed by atoms with E-state index in [1.54, 1.807) is 0 Å². The molecule has 1 aromatic carbocycles. The summed E-state index contributed by atoms with van der Waals surface area (Å²) in [6, 6.07) is 10.7. The van der Waals surface area contributed by atoms with Gasteiger partial charge < -0.3 is 10.1 Å². The van der Waals surface area contributed by atoms with Gasteiger partial charge in [0.25, 0.3) is 0 Å². The van der Waals surface area contributed by atoms with Crippen molar-refractivity contribution < 1.29 is 22.7 Å². The van der Waals surface area contributed by atoms with Gasteiger partial charge in [-0.2, -0.15) is 13.2 Å². The molecule has 1 aromatic heterocycles. The van der Waals surface area contributed by atoms with Crippen molar-refractivity contribution in [1.29, 1.82) is 0 Å². The Labute approximate surface area is 155 Å². The number of rotatable bonds is 6. The first-order valence-electron chi connectivity index (χ1n) is 8.89. The average Bonchev–Trinajstić information content (AvgIpc) is 2.67. The lowest BCUT2D eigenvalue weighted by molar-refractivity contribution is -0.154. The number of benzene rings is 1. The van der Waals surface area contributed by atoms with E-state index in [0.29, 0.717) is 11.5 Å². The second kappa shape index (κ2) is 8.52. The number of hydrogen-bond acceptors (Lipinski definition) is 4. The van der Waals surface area contributed by atoms with Gasteiger partial charge in [0, 0.05) is 30.8 Å². The Balaban J connectivity index is 1.56. The largest absolute Gasteiger partial charge is 0.468 e. The molecule has 0 aliphatic carbocycles. The molecule has 7 heteroatoms. The summed E-state index contributed by atoms with van der Waals surface area (Å²) in [5.41, 5.74) is 2.51. The van der Waals surface area contributed by atoms with E-state index < -0.39 is 12.8 Å². The minimum Gasteiger partial charge on any atom is -0.468 e. The lowest BCUT2D eigenvalue weighted by atomic mass is 9.90. The Kier molecular flexibility index (Phi) is 6.11. The number of pyridine rings is 1. The van der Waals surface area contributed by atoms with Gasteiger partial charge in [0.1, 0.15) is 0 Å². The average molecular weight is 378 g/mol. The SMILES string of the molecule is O=C(Cc1ccc(C2CCCNC2)cc1)c1ccc(OCC(F)(F)F)nc1. The van der Waals surface area contributed by atoms with Crippen molar-refractivity contribution >= 4 is 5.78 Å². The van der Waals surface area contributed by atoms with Gasteiger partial charge >= 0.3 is 6.18 Å². The minimum atomic E-state index is -4.42. The number of nitrogens with zero attached hydrogens (tertiary/aromatic N) is 1. The maximum Gasteiger partial charge on any atom is 0.422 e. The number of aromatic nitrogens is 1. The molecular weight excluding hydrogens is 357 g/mol. The summed E-state index contributed by atoms with van der Waals surface area (Å²) in [5, 5.41) is 3.39. The normalized spacial score (nSPS) is 17.5. The van der Waals surface area contributed by atoms with Crippen LogP contribution >= 0.6 is 0 Å². The number of ketones is 1. The summed E-state index contributed by atoms with van der Waals surface area (Å²) in [5.74, 6) is 0.211. The number of Topliss-reactive ketones (excluding diaryl/α,β-unsaturated/α-hetero) is 1. The number of piperidine rings is 1. The van der Waals surface area contributed by atoms with Crippen LogP contribution in [0.2, 0.25) is 0 Å². The highest BCUT2D eigenvalue weighted by molar-refractivity contribution is 5.97. The third-order valence-corrected chi connectivity index (χ3v) is 4.55. The number of carbonyl (C=O) groups is 1. The van der Waals surface area contributed by atoms with Crippen molar-refractivity contribution in [2.24, 2.45) is 0 Å². The van der Waals surface area contributed by atoms with Gasteiger partial charge in [-0.1, -0.05) is 24.3 Å². The van der Waals surface area contributed by atoms with Crippen molar-refractivity contribution in [2.45, 2.75) is 31.4 Å². The van der Waals surface area contributed by atoms with Crippen molar-refractivity contribution in [1.82, 2.24) is 10.3 Å². The molecule has 2 aromatic rings. The van der Waals surface area contributed by atoms with Gasteiger partial charge in [-0.15, -0.1) is 0 Å². The fourth-order valence-electron chi connectivity index (χ4n) is 3.12. The summed E-state index contributed by atoms with van der Waals surface area (Å²) in [4.78, 5) is 16.1. The van der Waals surface area contributed by atoms with Gasteiger partial charge in [-0.05, 0) is 42.5 Å². The Hall–Kier alpha value is -2.41. The first-order valence-corrected chi connectivity index (χ1v) is 8.89. The number of carbonyl (C=O) groups excluding carboxylic acids is 1. The molecule has 1 unspecified atom stereocenters. The number of alkyl halides is 3. The van der Waals surface area contributed by atoms with Gasteiger partial charge in [0.15, 0.2) is 12.4 Å². The second-order valence-electron chi connectivity index (χ2n) is 6.67. The molecule has 1 N–H and O–H groups in total. The lowest BCUT2D eigenvalue weighted by Gasteiger charge is -2.23. The van der Waals surface area contributed by atoms with Gasteiger partial charge in [-0.3, -0.25) is 4.79 Å². The van der Waals surface area contributed by atoms with Gasteiger partial charge in [0.05, 0.1) is 0 Å². The van der Waals surface area contributed by atoms with Crippen LogP contribution in [0.5, 0.6) is 5.88 Å². The zero-order chi connectivity index (χ0) is 19.3. The van der Waals surface area contributed by atoms with E-state index in [9.17, 15) is 18.0 Å². The molecule has 1 fully saturated rings. The summed E-state index contributed by atoms with van der Waals surface area (Å²) < 4.78 is 40.9. The predicted molar refractivity (Wildman–Crippen MR) is 95.1 cm³/mol. The Morgan fingerprint density at radius 3 is 2.56 bits per heavy atom. The summed E-state index contributed by atoms with van der Waals surface area (Å²) >= 11 is 0. The molecule has 1 atom stereocenters. The molecular formula is C20H21F3N2O2. The maximum atomic E-state index is 12.4. The highest BCUT2D eigenvalue weighted by Gasteiger charge is 2.28. The highest BCUT2D eigenvalue weighted by atomic mass is 19.4. The molecule has 27 heavy (non-hydrogen) atoms. The fraction of sp³-hybridized carbons (Fsp3) is 0.400. The van der Waals surface area contributed by atoms with Crippen LogP contribution in [0.4, 0.5) is 13.2 Å². The first-order chi connectivity index (χ1) is 12.9. The lowest BCUT2D eigenvalue weighted by Crippen LogP contribution is -2.28. The molecule has 1 aliphatic heterocycles. The zero-order valence-electron chi connectivity index (χ0n) is 14.8. The van der Waals surface area contributed by atoms with Crippen LogP contribution in [0, 0.1) is 0 Å². The standard InChI is InChI=1S/C20H21F3N2O2/c21-20(22,23)13-27-19-8-7-17(12-25-19)18(26)10-14-3-5-15(6-4-14)16-2-1-9-24-11-16/h3-8,12,16,24H,1-2,9-11,13H2. The van der Waals surface area contributed by atoms with Crippen molar-refractivity contribution in [3.8, 4) is 5.88 Å². The monoisotopic (exact) mass is 378 g/mol. The Morgan fingerprint density at radius 1 is 1.19 bits per heavy atom. The topological polar surface area (TPSA) is 51.2 Å². The van der Waals surface area contributed by atoms with Crippen LogP contribution in [0.25, 0.3) is 0 Å². The smallest absolute Gasteiger partial charge is 0.422 e. The molecule has 0 radical (unpaired) electrons. The van der Waals surface area contributed by atoms with Crippen LogP contribution in [0.1, 0.15) is 40.2 Å². The molecule has 1 saturated heterocycles. The molecule has 0 saturated carbocycles. The van der Waals surface area contributed by atoms with E-state index in [-0.39, 0.29) is 18.1 Å². The van der Waals surface area contributed by atoms with E-state index in [2.05, 4.69) is 27.2 Å². The van der Waals surface area contributed by atoms with Gasteiger partial charge in [0.2, 0.25) is 5.88 Å².